The van der Waals surface area contributed by atoms with Gasteiger partial charge in [0.15, 0.2) is 5.78 Å². The first-order valence-corrected chi connectivity index (χ1v) is 9.51. The summed E-state index contributed by atoms with van der Waals surface area (Å²) >= 11 is 1.56. The van der Waals surface area contributed by atoms with Crippen molar-refractivity contribution in [2.24, 2.45) is 0 Å². The van der Waals surface area contributed by atoms with Gasteiger partial charge in [0.25, 0.3) is 0 Å². The summed E-state index contributed by atoms with van der Waals surface area (Å²) in [5.74, 6) is 0.203. The van der Waals surface area contributed by atoms with E-state index >= 15 is 0 Å². The van der Waals surface area contributed by atoms with Gasteiger partial charge in [0.05, 0.1) is 27.0 Å². The second kappa shape index (κ2) is 5.81. The monoisotopic (exact) mass is 360 g/mol. The van der Waals surface area contributed by atoms with Crippen molar-refractivity contribution in [3.8, 4) is 11.3 Å². The van der Waals surface area contributed by atoms with E-state index < -0.39 is 0 Å². The molecule has 2 heterocycles. The number of allylic oxidation sites excluding steroid dienone is 2. The summed E-state index contributed by atoms with van der Waals surface area (Å²) in [5, 5.41) is 11.6. The van der Waals surface area contributed by atoms with Crippen LogP contribution in [0.3, 0.4) is 0 Å². The van der Waals surface area contributed by atoms with Gasteiger partial charge in [0.1, 0.15) is 5.76 Å². The van der Waals surface area contributed by atoms with Crippen molar-refractivity contribution in [3.63, 3.8) is 0 Å². The molecule has 0 aliphatic heterocycles. The van der Waals surface area contributed by atoms with E-state index in [0.29, 0.717) is 24.8 Å². The van der Waals surface area contributed by atoms with Crippen LogP contribution in [0.15, 0.2) is 53.7 Å². The van der Waals surface area contributed by atoms with E-state index in [-0.39, 0.29) is 11.5 Å². The molecule has 2 N–H and O–H groups in total. The zero-order chi connectivity index (χ0) is 17.7. The Hall–Kier alpha value is -2.92. The molecule has 4 aromatic rings. The molecule has 4 nitrogen and oxygen atoms in total. The third-order valence-electron chi connectivity index (χ3n) is 4.96. The summed E-state index contributed by atoms with van der Waals surface area (Å²) in [5.41, 5.74) is 6.82. The van der Waals surface area contributed by atoms with Gasteiger partial charge in [-0.2, -0.15) is 0 Å². The van der Waals surface area contributed by atoms with Crippen LogP contribution in [0.25, 0.3) is 38.0 Å². The number of carbonyl (C=O) groups is 1. The zero-order valence-electron chi connectivity index (χ0n) is 14.0. The van der Waals surface area contributed by atoms with Crippen molar-refractivity contribution >= 4 is 43.8 Å². The first-order valence-electron chi connectivity index (χ1n) is 8.63. The van der Waals surface area contributed by atoms with Crippen LogP contribution in [0.4, 0.5) is 0 Å². The zero-order valence-corrected chi connectivity index (χ0v) is 14.8. The Balaban J connectivity index is 1.95. The lowest BCUT2D eigenvalue weighted by atomic mass is 9.88. The van der Waals surface area contributed by atoms with Crippen molar-refractivity contribution in [2.45, 2.75) is 19.3 Å². The van der Waals surface area contributed by atoms with E-state index in [1.54, 1.807) is 11.3 Å². The van der Waals surface area contributed by atoms with Crippen molar-refractivity contribution < 1.29 is 9.90 Å². The molecule has 2 aromatic heterocycles. The van der Waals surface area contributed by atoms with Gasteiger partial charge in [-0.05, 0) is 24.1 Å². The summed E-state index contributed by atoms with van der Waals surface area (Å²) < 4.78 is 1.04. The molecule has 1 aliphatic rings. The number of aromatic nitrogens is 2. The fraction of sp³-hybridized carbons (Fsp3) is 0.143. The number of hydrogen-bond donors (Lipinski definition) is 2. The summed E-state index contributed by atoms with van der Waals surface area (Å²) in [4.78, 5) is 20.7. The van der Waals surface area contributed by atoms with Crippen LogP contribution < -0.4 is 0 Å². The lowest BCUT2D eigenvalue weighted by molar-refractivity contribution is -0.114. The minimum atomic E-state index is 0.00773. The lowest BCUT2D eigenvalue weighted by Crippen LogP contribution is -2.11. The number of thiazole rings is 1. The molecule has 0 radical (unpaired) electrons. The number of rotatable bonds is 2. The second-order valence-corrected chi connectivity index (χ2v) is 7.38. The number of nitrogens with zero attached hydrogens (tertiary/aromatic N) is 1. The first kappa shape index (κ1) is 15.3. The molecule has 0 saturated heterocycles. The van der Waals surface area contributed by atoms with Gasteiger partial charge in [-0.25, -0.2) is 4.98 Å². The van der Waals surface area contributed by atoms with Crippen LogP contribution in [-0.4, -0.2) is 20.9 Å². The molecule has 0 spiro atoms. The number of fused-ring (bicyclic) bond motifs is 3. The van der Waals surface area contributed by atoms with Crippen LogP contribution in [0.5, 0.6) is 0 Å². The van der Waals surface area contributed by atoms with Crippen molar-refractivity contribution in [3.05, 3.63) is 59.3 Å². The van der Waals surface area contributed by atoms with Crippen LogP contribution >= 0.6 is 11.3 Å². The molecular formula is C21H16N2O2S. The Morgan fingerprint density at radius 3 is 2.73 bits per heavy atom. The van der Waals surface area contributed by atoms with E-state index in [1.165, 1.54) is 0 Å². The molecule has 128 valence electrons. The maximum absolute atomic E-state index is 12.8. The smallest absolute Gasteiger partial charge is 0.166 e. The SMILES string of the molecule is O=C1CCCC(O)=C1c1c(-c2ccccc2)[nH]c2ccc3ncsc3c12. The fourth-order valence-electron chi connectivity index (χ4n) is 3.79. The molecule has 0 saturated carbocycles. The molecule has 5 heteroatoms. The standard InChI is InChI=1S/C21H16N2O2S/c24-15-7-4-8-16(25)18(15)19-17-13(9-10-14-21(17)26-11-22-14)23-20(19)12-5-2-1-3-6-12/h1-3,5-6,9-11,23-24H,4,7-8H2. The van der Waals surface area contributed by atoms with Gasteiger partial charge in [-0.15, -0.1) is 11.3 Å². The van der Waals surface area contributed by atoms with Crippen molar-refractivity contribution in [1.82, 2.24) is 9.97 Å². The average Bonchev–Trinajstić information content (AvgIpc) is 3.26. The highest BCUT2D eigenvalue weighted by Crippen LogP contribution is 2.43. The minimum absolute atomic E-state index is 0.00773. The number of aliphatic hydroxyl groups is 1. The molecule has 26 heavy (non-hydrogen) atoms. The van der Waals surface area contributed by atoms with Crippen LogP contribution in [0.2, 0.25) is 0 Å². The number of H-pyrrole nitrogens is 1. The Morgan fingerprint density at radius 2 is 1.92 bits per heavy atom. The highest BCUT2D eigenvalue weighted by Gasteiger charge is 2.28. The lowest BCUT2D eigenvalue weighted by Gasteiger charge is -2.16. The summed E-state index contributed by atoms with van der Waals surface area (Å²) in [6.45, 7) is 0. The number of carbonyl (C=O) groups excluding carboxylic acids is 1. The highest BCUT2D eigenvalue weighted by atomic mass is 32.1. The van der Waals surface area contributed by atoms with E-state index in [0.717, 1.165) is 37.9 Å². The predicted octanol–water partition coefficient (Wildman–Crippen LogP) is 5.47. The fourth-order valence-corrected chi connectivity index (χ4v) is 4.63. The number of benzene rings is 2. The Labute approximate surface area is 153 Å². The Morgan fingerprint density at radius 1 is 1.08 bits per heavy atom. The molecule has 0 atom stereocenters. The Bertz CT molecular complexity index is 1180. The third-order valence-corrected chi connectivity index (χ3v) is 5.82. The minimum Gasteiger partial charge on any atom is -0.512 e. The third kappa shape index (κ3) is 2.21. The van der Waals surface area contributed by atoms with E-state index in [2.05, 4.69) is 9.97 Å². The van der Waals surface area contributed by atoms with Gasteiger partial charge in [0.2, 0.25) is 0 Å². The van der Waals surface area contributed by atoms with E-state index in [9.17, 15) is 9.90 Å². The van der Waals surface area contributed by atoms with Crippen molar-refractivity contribution in [1.29, 1.82) is 0 Å². The number of ketones is 1. The van der Waals surface area contributed by atoms with E-state index in [4.69, 9.17) is 0 Å². The largest absolute Gasteiger partial charge is 0.512 e. The molecule has 0 amide bonds. The maximum Gasteiger partial charge on any atom is 0.166 e. The predicted molar refractivity (Wildman–Crippen MR) is 105 cm³/mol. The molecule has 0 unspecified atom stereocenters. The van der Waals surface area contributed by atoms with Gasteiger partial charge in [-0.3, -0.25) is 4.79 Å². The molecule has 0 bridgehead atoms. The summed E-state index contributed by atoms with van der Waals surface area (Å²) in [6.07, 6.45) is 1.72. The Kier molecular flexibility index (Phi) is 3.43. The van der Waals surface area contributed by atoms with Gasteiger partial charge in [-0.1, -0.05) is 30.3 Å². The van der Waals surface area contributed by atoms with Crippen LogP contribution in [0.1, 0.15) is 24.8 Å². The number of nitrogens with one attached hydrogen (secondary N) is 1. The number of aliphatic hydroxyl groups excluding tert-OH is 1. The van der Waals surface area contributed by atoms with Gasteiger partial charge >= 0.3 is 0 Å². The van der Waals surface area contributed by atoms with Crippen molar-refractivity contribution in [2.75, 3.05) is 0 Å². The summed E-state index contributed by atoms with van der Waals surface area (Å²) in [7, 11) is 0. The average molecular weight is 360 g/mol. The van der Waals surface area contributed by atoms with Gasteiger partial charge in [0, 0.05) is 29.3 Å². The quantitative estimate of drug-likeness (QED) is 0.498. The topological polar surface area (TPSA) is 66.0 Å². The molecule has 1 aliphatic carbocycles. The number of hydrogen-bond acceptors (Lipinski definition) is 4. The maximum atomic E-state index is 12.8. The van der Waals surface area contributed by atoms with E-state index in [1.807, 2.05) is 48.0 Å². The molecular weight excluding hydrogens is 344 g/mol. The highest BCUT2D eigenvalue weighted by molar-refractivity contribution is 7.17. The second-order valence-electron chi connectivity index (χ2n) is 6.53. The molecule has 5 rings (SSSR count). The summed E-state index contributed by atoms with van der Waals surface area (Å²) in [6, 6.07) is 13.9. The molecule has 2 aromatic carbocycles. The van der Waals surface area contributed by atoms with Crippen LogP contribution in [-0.2, 0) is 4.79 Å². The number of Topliss-reactive ketones (excluding diaryl/α,β-unsaturated/α-hetero) is 1. The molecule has 0 fully saturated rings. The van der Waals surface area contributed by atoms with Gasteiger partial charge < -0.3 is 10.1 Å². The van der Waals surface area contributed by atoms with Crippen LogP contribution in [0, 0.1) is 0 Å². The first-order chi connectivity index (χ1) is 12.7. The number of aromatic amines is 1. The normalized spacial score (nSPS) is 15.3.